The van der Waals surface area contributed by atoms with E-state index in [2.05, 4.69) is 66.3 Å². The molecule has 5 nitrogen and oxygen atoms in total. The molecule has 0 saturated heterocycles. The molecule has 1 aliphatic heterocycles. The Morgan fingerprint density at radius 1 is 1.08 bits per heavy atom. The Balaban J connectivity index is 1.32. The smallest absolute Gasteiger partial charge is 0.253 e. The van der Waals surface area contributed by atoms with Crippen molar-refractivity contribution in [1.29, 1.82) is 0 Å². The predicted molar refractivity (Wildman–Crippen MR) is 153 cm³/mol. The largest absolute Gasteiger partial charge is 0.272 e. The van der Waals surface area contributed by atoms with Gasteiger partial charge in [0.25, 0.3) is 5.91 Å². The fraction of sp³-hybridized carbons (Fsp3) is 0.267. The SMILES string of the molecule is Cc1sc2ncnc(SCC(=O)N3N=C4/C(=C\c5ccccc5)CCC[C@@H]4[C@@H]3c3ccccc3)c2c1C. The van der Waals surface area contributed by atoms with Gasteiger partial charge in [0.1, 0.15) is 16.2 Å². The molecule has 6 rings (SSSR count). The molecule has 2 aromatic heterocycles. The van der Waals surface area contributed by atoms with Gasteiger partial charge in [0, 0.05) is 16.2 Å². The van der Waals surface area contributed by atoms with E-state index in [-0.39, 0.29) is 23.6 Å². The third kappa shape index (κ3) is 4.62. The summed E-state index contributed by atoms with van der Waals surface area (Å²) in [4.78, 5) is 25.0. The first-order chi connectivity index (χ1) is 18.1. The Morgan fingerprint density at radius 3 is 2.62 bits per heavy atom. The molecule has 3 heterocycles. The molecule has 1 saturated carbocycles. The van der Waals surface area contributed by atoms with E-state index in [1.807, 2.05) is 24.3 Å². The van der Waals surface area contributed by atoms with Crippen LogP contribution in [-0.4, -0.2) is 32.3 Å². The maximum atomic E-state index is 13.8. The number of aromatic nitrogens is 2. The minimum Gasteiger partial charge on any atom is -0.272 e. The highest BCUT2D eigenvalue weighted by atomic mass is 32.2. The van der Waals surface area contributed by atoms with Crippen LogP contribution >= 0.6 is 23.1 Å². The number of thioether (sulfide) groups is 1. The molecular weight excluding hydrogens is 496 g/mol. The molecule has 0 N–H and O–H groups in total. The summed E-state index contributed by atoms with van der Waals surface area (Å²) < 4.78 is 0. The highest BCUT2D eigenvalue weighted by Crippen LogP contribution is 2.45. The number of hydrogen-bond donors (Lipinski definition) is 0. The molecule has 0 unspecified atom stereocenters. The first-order valence-corrected chi connectivity index (χ1v) is 14.5. The molecule has 37 heavy (non-hydrogen) atoms. The van der Waals surface area contributed by atoms with E-state index in [1.54, 1.807) is 22.7 Å². The minimum atomic E-state index is -0.0840. The Morgan fingerprint density at radius 2 is 1.84 bits per heavy atom. The molecule has 1 amide bonds. The van der Waals surface area contributed by atoms with E-state index in [1.165, 1.54) is 33.3 Å². The molecular formula is C30H28N4OS2. The van der Waals surface area contributed by atoms with Crippen LogP contribution < -0.4 is 0 Å². The van der Waals surface area contributed by atoms with Crippen molar-refractivity contribution in [1.82, 2.24) is 15.0 Å². The van der Waals surface area contributed by atoms with Crippen LogP contribution in [0.15, 0.2) is 82.7 Å². The van der Waals surface area contributed by atoms with Crippen molar-refractivity contribution in [3.05, 3.63) is 94.1 Å². The molecule has 1 aliphatic carbocycles. The van der Waals surface area contributed by atoms with Crippen molar-refractivity contribution < 1.29 is 4.79 Å². The van der Waals surface area contributed by atoms with Crippen LogP contribution in [0.1, 0.15) is 46.9 Å². The molecule has 1 fully saturated rings. The van der Waals surface area contributed by atoms with Crippen molar-refractivity contribution in [3.63, 3.8) is 0 Å². The number of rotatable bonds is 5. The Hall–Kier alpha value is -3.29. The molecule has 2 aromatic carbocycles. The molecule has 0 bridgehead atoms. The summed E-state index contributed by atoms with van der Waals surface area (Å²) >= 11 is 3.16. The lowest BCUT2D eigenvalue weighted by molar-refractivity contribution is -0.130. The normalized spacial score (nSPS) is 20.3. The average Bonchev–Trinajstić information content (AvgIpc) is 3.46. The van der Waals surface area contributed by atoms with E-state index < -0.39 is 0 Å². The van der Waals surface area contributed by atoms with Crippen molar-refractivity contribution in [3.8, 4) is 0 Å². The van der Waals surface area contributed by atoms with Crippen molar-refractivity contribution in [2.75, 3.05) is 5.75 Å². The highest BCUT2D eigenvalue weighted by molar-refractivity contribution is 8.00. The van der Waals surface area contributed by atoms with Crippen LogP contribution in [0.4, 0.5) is 0 Å². The van der Waals surface area contributed by atoms with Gasteiger partial charge in [0.15, 0.2) is 0 Å². The number of carbonyl (C=O) groups is 1. The number of amides is 1. The van der Waals surface area contributed by atoms with Crippen LogP contribution in [0.25, 0.3) is 16.3 Å². The molecule has 4 aromatic rings. The highest BCUT2D eigenvalue weighted by Gasteiger charge is 2.43. The van der Waals surface area contributed by atoms with Crippen LogP contribution in [-0.2, 0) is 4.79 Å². The summed E-state index contributed by atoms with van der Waals surface area (Å²) in [7, 11) is 0. The van der Waals surface area contributed by atoms with Crippen molar-refractivity contribution in [2.24, 2.45) is 11.0 Å². The summed E-state index contributed by atoms with van der Waals surface area (Å²) in [6, 6.07) is 20.7. The van der Waals surface area contributed by atoms with E-state index >= 15 is 0 Å². The predicted octanol–water partition coefficient (Wildman–Crippen LogP) is 7.22. The van der Waals surface area contributed by atoms with Gasteiger partial charge in [-0.2, -0.15) is 5.10 Å². The van der Waals surface area contributed by atoms with Crippen molar-refractivity contribution >= 4 is 51.0 Å². The number of aryl methyl sites for hydroxylation is 2. The zero-order valence-corrected chi connectivity index (χ0v) is 22.6. The number of nitrogens with zero attached hydrogens (tertiary/aromatic N) is 4. The molecule has 2 atom stereocenters. The number of benzene rings is 2. The van der Waals surface area contributed by atoms with Gasteiger partial charge in [-0.25, -0.2) is 15.0 Å². The maximum absolute atomic E-state index is 13.8. The zero-order valence-electron chi connectivity index (χ0n) is 20.9. The summed E-state index contributed by atoms with van der Waals surface area (Å²) in [5, 5.41) is 8.72. The first kappa shape index (κ1) is 24.1. The van der Waals surface area contributed by atoms with Gasteiger partial charge in [0.2, 0.25) is 0 Å². The lowest BCUT2D eigenvalue weighted by Crippen LogP contribution is -2.32. The van der Waals surface area contributed by atoms with E-state index in [9.17, 15) is 4.79 Å². The lowest BCUT2D eigenvalue weighted by atomic mass is 9.77. The van der Waals surface area contributed by atoms with E-state index in [4.69, 9.17) is 5.10 Å². The lowest BCUT2D eigenvalue weighted by Gasteiger charge is -2.29. The molecule has 2 aliphatic rings. The maximum Gasteiger partial charge on any atom is 0.253 e. The minimum absolute atomic E-state index is 0.0104. The first-order valence-electron chi connectivity index (χ1n) is 12.6. The van der Waals surface area contributed by atoms with E-state index in [0.29, 0.717) is 0 Å². The van der Waals surface area contributed by atoms with Gasteiger partial charge in [-0.1, -0.05) is 72.4 Å². The zero-order chi connectivity index (χ0) is 25.4. The van der Waals surface area contributed by atoms with Crippen LogP contribution in [0.5, 0.6) is 0 Å². The number of fused-ring (bicyclic) bond motifs is 2. The molecule has 0 radical (unpaired) electrons. The number of hydrazone groups is 1. The second-order valence-electron chi connectivity index (χ2n) is 9.59. The monoisotopic (exact) mass is 524 g/mol. The van der Waals surface area contributed by atoms with Gasteiger partial charge in [-0.15, -0.1) is 11.3 Å². The quantitative estimate of drug-likeness (QED) is 0.204. The van der Waals surface area contributed by atoms with Gasteiger partial charge in [-0.05, 0) is 61.4 Å². The van der Waals surface area contributed by atoms with Gasteiger partial charge in [-0.3, -0.25) is 4.79 Å². The second kappa shape index (κ2) is 10.2. The molecule has 186 valence electrons. The number of allylic oxidation sites excluding steroid dienone is 1. The standard InChI is InChI=1S/C30H28N4OS2/c1-19-20(2)37-30-26(19)29(31-18-32-30)36-17-25(35)34-28(22-12-7-4-8-13-22)24-15-9-14-23(27(24)33-34)16-21-10-5-3-6-11-21/h3-8,10-13,16,18,24,28H,9,14-15,17H2,1-2H3/b23-16-/t24-,28-/m0/s1. The van der Waals surface area contributed by atoms with Crippen LogP contribution in [0, 0.1) is 19.8 Å². The van der Waals surface area contributed by atoms with Gasteiger partial charge in [0.05, 0.1) is 17.5 Å². The third-order valence-corrected chi connectivity index (χ3v) is 9.39. The summed E-state index contributed by atoms with van der Waals surface area (Å²) in [5.41, 5.74) is 5.82. The number of hydrogen-bond acceptors (Lipinski definition) is 6. The van der Waals surface area contributed by atoms with Crippen LogP contribution in [0.3, 0.4) is 0 Å². The molecule has 0 spiro atoms. The van der Waals surface area contributed by atoms with Crippen LogP contribution in [0.2, 0.25) is 0 Å². The Bertz CT molecular complexity index is 1510. The van der Waals surface area contributed by atoms with E-state index in [0.717, 1.165) is 45.8 Å². The average molecular weight is 525 g/mol. The summed E-state index contributed by atoms with van der Waals surface area (Å²) in [6.07, 6.45) is 6.95. The number of carbonyl (C=O) groups excluding carboxylic acids is 1. The summed E-state index contributed by atoms with van der Waals surface area (Å²) in [6.45, 7) is 4.21. The topological polar surface area (TPSA) is 58.5 Å². The van der Waals surface area contributed by atoms with Crippen molar-refractivity contribution in [2.45, 2.75) is 44.2 Å². The fourth-order valence-corrected chi connectivity index (χ4v) is 7.37. The van der Waals surface area contributed by atoms with Gasteiger partial charge < -0.3 is 0 Å². The summed E-state index contributed by atoms with van der Waals surface area (Å²) in [5.74, 6) is 0.495. The second-order valence-corrected chi connectivity index (χ2v) is 11.8. The molecule has 7 heteroatoms. The Kier molecular flexibility index (Phi) is 6.65. The van der Waals surface area contributed by atoms with Gasteiger partial charge >= 0.3 is 0 Å². The number of thiophene rings is 1. The Labute approximate surface area is 225 Å². The fourth-order valence-electron chi connectivity index (χ4n) is 5.40. The third-order valence-electron chi connectivity index (χ3n) is 7.30.